The van der Waals surface area contributed by atoms with Crippen LogP contribution in [0, 0.1) is 17.7 Å². The van der Waals surface area contributed by atoms with Gasteiger partial charge in [-0.15, -0.1) is 17.7 Å². The summed E-state index contributed by atoms with van der Waals surface area (Å²) >= 11 is 0. The molecule has 0 unspecified atom stereocenters. The van der Waals surface area contributed by atoms with Crippen LogP contribution < -0.4 is 0 Å². The van der Waals surface area contributed by atoms with Gasteiger partial charge in [-0.25, -0.2) is 8.78 Å². The van der Waals surface area contributed by atoms with Gasteiger partial charge >= 0.3 is 0 Å². The molecule has 1 aromatic heterocycles. The van der Waals surface area contributed by atoms with E-state index in [1.54, 1.807) is 0 Å². The zero-order valence-corrected chi connectivity index (χ0v) is 9.44. The van der Waals surface area contributed by atoms with Crippen LogP contribution in [0.2, 0.25) is 0 Å². The zero-order chi connectivity index (χ0) is 9.97. The SMILES string of the molecule is Fc1[c-]c(F)c(Cn2cccc2)cc1.[Ti]. The first-order valence-electron chi connectivity index (χ1n) is 4.22. The van der Waals surface area contributed by atoms with E-state index in [-0.39, 0.29) is 21.7 Å². The zero-order valence-electron chi connectivity index (χ0n) is 7.87. The van der Waals surface area contributed by atoms with Gasteiger partial charge in [-0.2, -0.15) is 6.07 Å². The van der Waals surface area contributed by atoms with Gasteiger partial charge in [0.25, 0.3) is 0 Å². The van der Waals surface area contributed by atoms with Crippen LogP contribution in [-0.4, -0.2) is 4.57 Å². The summed E-state index contributed by atoms with van der Waals surface area (Å²) in [5.74, 6) is -1.29. The second-order valence-corrected chi connectivity index (χ2v) is 3.00. The smallest absolute Gasteiger partial charge is 0.0185 e. The summed E-state index contributed by atoms with van der Waals surface area (Å²) in [6, 6.07) is 8.35. The van der Waals surface area contributed by atoms with Crippen molar-refractivity contribution in [1.29, 1.82) is 0 Å². The molecule has 0 aliphatic carbocycles. The molecule has 1 nitrogen and oxygen atoms in total. The van der Waals surface area contributed by atoms with E-state index < -0.39 is 11.6 Å². The Balaban J connectivity index is 0.00000112. The summed E-state index contributed by atoms with van der Waals surface area (Å²) in [5.41, 5.74) is 0.433. The Morgan fingerprint density at radius 2 is 1.80 bits per heavy atom. The van der Waals surface area contributed by atoms with Crippen LogP contribution in [0.5, 0.6) is 0 Å². The Kier molecular flexibility index (Phi) is 4.24. The summed E-state index contributed by atoms with van der Waals surface area (Å²) in [6.07, 6.45) is 3.64. The molecule has 0 aliphatic rings. The first-order chi connectivity index (χ1) is 6.75. The predicted molar refractivity (Wildman–Crippen MR) is 48.7 cm³/mol. The van der Waals surface area contributed by atoms with Gasteiger partial charge in [-0.3, -0.25) is 0 Å². The third-order valence-corrected chi connectivity index (χ3v) is 1.96. The van der Waals surface area contributed by atoms with Crippen LogP contribution in [0.15, 0.2) is 36.7 Å². The third-order valence-electron chi connectivity index (χ3n) is 1.96. The Bertz CT molecular complexity index is 426. The first kappa shape index (κ1) is 12.1. The predicted octanol–water partition coefficient (Wildman–Crippen LogP) is 2.61. The van der Waals surface area contributed by atoms with E-state index in [2.05, 4.69) is 0 Å². The van der Waals surface area contributed by atoms with Gasteiger partial charge in [0, 0.05) is 52.3 Å². The fraction of sp³-hybridized carbons (Fsp3) is 0.0909. The van der Waals surface area contributed by atoms with E-state index in [1.807, 2.05) is 35.2 Å². The van der Waals surface area contributed by atoms with E-state index >= 15 is 0 Å². The molecule has 0 saturated carbocycles. The molecule has 0 atom stereocenters. The van der Waals surface area contributed by atoms with Crippen molar-refractivity contribution in [2.75, 3.05) is 0 Å². The van der Waals surface area contributed by atoms with Crippen LogP contribution in [0.1, 0.15) is 5.56 Å². The number of aromatic nitrogens is 1. The standard InChI is InChI=1S/C11H8F2N.Ti/c12-10-4-3-9(11(13)7-10)8-14-5-1-2-6-14;/h1-6H,8H2;/q-1;. The molecule has 0 bridgehead atoms. The number of halogens is 2. The van der Waals surface area contributed by atoms with Gasteiger partial charge in [0.05, 0.1) is 0 Å². The first-order valence-corrected chi connectivity index (χ1v) is 4.22. The Hall–Kier alpha value is -0.926. The van der Waals surface area contributed by atoms with Crippen molar-refractivity contribution in [2.45, 2.75) is 6.54 Å². The largest absolute Gasteiger partial charge is 0.361 e. The minimum absolute atomic E-state index is 0. The van der Waals surface area contributed by atoms with Crippen LogP contribution >= 0.6 is 0 Å². The van der Waals surface area contributed by atoms with Gasteiger partial charge in [-0.05, 0) is 12.1 Å². The molecule has 4 heteroatoms. The molecule has 0 aliphatic heterocycles. The maximum Gasteiger partial charge on any atom is 0.0185 e. The Morgan fingerprint density at radius 3 is 2.40 bits per heavy atom. The minimum atomic E-state index is -0.668. The molecule has 2 aromatic rings. The molecule has 1 aromatic carbocycles. The van der Waals surface area contributed by atoms with Crippen molar-refractivity contribution in [1.82, 2.24) is 4.57 Å². The third kappa shape index (κ3) is 3.01. The second kappa shape index (κ2) is 5.24. The maximum absolute atomic E-state index is 13.1. The van der Waals surface area contributed by atoms with Crippen molar-refractivity contribution < 1.29 is 30.5 Å². The molecule has 0 saturated heterocycles. The van der Waals surface area contributed by atoms with Crippen molar-refractivity contribution in [3.8, 4) is 0 Å². The van der Waals surface area contributed by atoms with Crippen molar-refractivity contribution in [3.63, 3.8) is 0 Å². The molecular formula is C11H8F2NTi-. The van der Waals surface area contributed by atoms with Crippen LogP contribution in [-0.2, 0) is 28.3 Å². The van der Waals surface area contributed by atoms with Gasteiger partial charge in [-0.1, -0.05) is 0 Å². The summed E-state index contributed by atoms with van der Waals surface area (Å²) in [7, 11) is 0. The molecule has 1 heterocycles. The second-order valence-electron chi connectivity index (χ2n) is 3.00. The van der Waals surface area contributed by atoms with Crippen molar-refractivity contribution >= 4 is 0 Å². The van der Waals surface area contributed by atoms with Gasteiger partial charge in [0.2, 0.25) is 0 Å². The topological polar surface area (TPSA) is 4.93 Å². The molecule has 0 radical (unpaired) electrons. The molecule has 0 amide bonds. The molecular weight excluding hydrogens is 232 g/mol. The summed E-state index contributed by atoms with van der Waals surface area (Å²) in [5, 5.41) is 0. The molecule has 15 heavy (non-hydrogen) atoms. The average molecular weight is 240 g/mol. The van der Waals surface area contributed by atoms with Gasteiger partial charge < -0.3 is 4.57 Å². The van der Waals surface area contributed by atoms with Crippen LogP contribution in [0.3, 0.4) is 0 Å². The quantitative estimate of drug-likeness (QED) is 0.561. The van der Waals surface area contributed by atoms with Crippen molar-refractivity contribution in [3.05, 3.63) is 59.9 Å². The van der Waals surface area contributed by atoms with Gasteiger partial charge in [0.15, 0.2) is 0 Å². The monoisotopic (exact) mass is 240 g/mol. The van der Waals surface area contributed by atoms with E-state index in [0.717, 1.165) is 0 Å². The average Bonchev–Trinajstić information content (AvgIpc) is 2.62. The molecule has 0 fully saturated rings. The number of hydrogen-bond donors (Lipinski definition) is 0. The molecule has 0 N–H and O–H groups in total. The molecule has 0 spiro atoms. The van der Waals surface area contributed by atoms with E-state index in [0.29, 0.717) is 12.1 Å². The Labute approximate surface area is 102 Å². The summed E-state index contributed by atoms with van der Waals surface area (Å²) < 4.78 is 27.5. The number of benzene rings is 1. The number of rotatable bonds is 2. The van der Waals surface area contributed by atoms with Gasteiger partial charge in [0.1, 0.15) is 0 Å². The molecule has 2 rings (SSSR count). The van der Waals surface area contributed by atoms with Crippen LogP contribution in [0.25, 0.3) is 0 Å². The van der Waals surface area contributed by atoms with Crippen LogP contribution in [0.4, 0.5) is 8.78 Å². The summed E-state index contributed by atoms with van der Waals surface area (Å²) in [6.45, 7) is 0.398. The minimum Gasteiger partial charge on any atom is -0.361 e. The summed E-state index contributed by atoms with van der Waals surface area (Å²) in [4.78, 5) is 0. The van der Waals surface area contributed by atoms with Crippen molar-refractivity contribution in [2.24, 2.45) is 0 Å². The van der Waals surface area contributed by atoms with E-state index in [1.165, 1.54) is 12.1 Å². The van der Waals surface area contributed by atoms with E-state index in [9.17, 15) is 8.78 Å². The fourth-order valence-electron chi connectivity index (χ4n) is 1.27. The molecule has 76 valence electrons. The number of nitrogens with zero attached hydrogens (tertiary/aromatic N) is 1. The Morgan fingerprint density at radius 1 is 1.13 bits per heavy atom. The normalized spacial score (nSPS) is 9.73. The maximum atomic E-state index is 13.1. The number of hydrogen-bond acceptors (Lipinski definition) is 0. The van der Waals surface area contributed by atoms with E-state index in [4.69, 9.17) is 0 Å². The fourth-order valence-corrected chi connectivity index (χ4v) is 1.27.